The Balaban J connectivity index is 4.01. The van der Waals surface area contributed by atoms with Crippen molar-refractivity contribution < 1.29 is 9.53 Å². The maximum Gasteiger partial charge on any atom is 0.222 e. The van der Waals surface area contributed by atoms with Crippen molar-refractivity contribution in [2.75, 3.05) is 13.7 Å². The molecule has 2 unspecified atom stereocenters. The number of hydrogen-bond acceptors (Lipinski definition) is 3. The molecule has 0 aliphatic heterocycles. The van der Waals surface area contributed by atoms with Gasteiger partial charge in [0.05, 0.1) is 12.5 Å². The molecule has 1 amide bonds. The largest absolute Gasteiger partial charge is 0.380 e. The second kappa shape index (κ2) is 10.5. The first-order chi connectivity index (χ1) is 8.17. The summed E-state index contributed by atoms with van der Waals surface area (Å²) in [5.41, 5.74) is 5.50. The first-order valence-electron chi connectivity index (χ1n) is 6.70. The van der Waals surface area contributed by atoms with Crippen LogP contribution in [0.15, 0.2) is 0 Å². The highest BCUT2D eigenvalue weighted by atomic mass is 16.5. The Bertz CT molecular complexity index is 194. The summed E-state index contributed by atoms with van der Waals surface area (Å²) in [6, 6.07) is 0.308. The third-order valence-electron chi connectivity index (χ3n) is 2.92. The normalized spacial score (nSPS) is 14.4. The van der Waals surface area contributed by atoms with Crippen LogP contribution in [-0.2, 0) is 9.53 Å². The average molecular weight is 244 g/mol. The molecule has 0 spiro atoms. The van der Waals surface area contributed by atoms with Crippen LogP contribution in [0.2, 0.25) is 0 Å². The summed E-state index contributed by atoms with van der Waals surface area (Å²) in [6.07, 6.45) is 5.74. The highest BCUT2D eigenvalue weighted by Gasteiger charge is 2.15. The van der Waals surface area contributed by atoms with Crippen molar-refractivity contribution in [3.63, 3.8) is 0 Å². The summed E-state index contributed by atoms with van der Waals surface area (Å²) in [5, 5.41) is 3.08. The van der Waals surface area contributed by atoms with Gasteiger partial charge in [0.2, 0.25) is 5.91 Å². The van der Waals surface area contributed by atoms with Gasteiger partial charge < -0.3 is 15.8 Å². The van der Waals surface area contributed by atoms with E-state index in [-0.39, 0.29) is 12.0 Å². The molecule has 3 N–H and O–H groups in total. The summed E-state index contributed by atoms with van der Waals surface area (Å²) in [5.74, 6) is 0.0526. The molecule has 2 atom stereocenters. The molecule has 0 radical (unpaired) electrons. The van der Waals surface area contributed by atoms with Crippen molar-refractivity contribution >= 4 is 5.91 Å². The molecule has 0 saturated heterocycles. The molecule has 4 heteroatoms. The van der Waals surface area contributed by atoms with Gasteiger partial charge in [0.1, 0.15) is 0 Å². The van der Waals surface area contributed by atoms with E-state index in [9.17, 15) is 4.79 Å². The van der Waals surface area contributed by atoms with Gasteiger partial charge in [0.15, 0.2) is 0 Å². The van der Waals surface area contributed by atoms with E-state index in [1.807, 2.05) is 0 Å². The molecule has 4 nitrogen and oxygen atoms in total. The van der Waals surface area contributed by atoms with Crippen molar-refractivity contribution in [1.82, 2.24) is 5.32 Å². The third-order valence-corrected chi connectivity index (χ3v) is 2.92. The fourth-order valence-electron chi connectivity index (χ4n) is 1.84. The molecule has 0 aromatic rings. The summed E-state index contributed by atoms with van der Waals surface area (Å²) in [4.78, 5) is 11.8. The number of hydrogen-bond donors (Lipinski definition) is 2. The Morgan fingerprint density at radius 2 is 2.00 bits per heavy atom. The standard InChI is InChI=1S/C13H28N2O2/c1-4-6-8-11(7-5-2)15-13(16)9-12(10-14)17-3/h11-12H,4-10,14H2,1-3H3,(H,15,16). The maximum absolute atomic E-state index is 11.8. The lowest BCUT2D eigenvalue weighted by Gasteiger charge is -2.19. The first-order valence-corrected chi connectivity index (χ1v) is 6.70. The molecule has 0 aromatic carbocycles. The van der Waals surface area contributed by atoms with Gasteiger partial charge in [-0.2, -0.15) is 0 Å². The van der Waals surface area contributed by atoms with Crippen molar-refractivity contribution in [2.24, 2.45) is 5.73 Å². The number of carbonyl (C=O) groups excluding carboxylic acids is 1. The molecule has 17 heavy (non-hydrogen) atoms. The average Bonchev–Trinajstić information content (AvgIpc) is 2.33. The van der Waals surface area contributed by atoms with Crippen molar-refractivity contribution in [1.29, 1.82) is 0 Å². The zero-order chi connectivity index (χ0) is 13.1. The molecule has 102 valence electrons. The van der Waals surface area contributed by atoms with Crippen molar-refractivity contribution in [3.8, 4) is 0 Å². The zero-order valence-electron chi connectivity index (χ0n) is 11.5. The van der Waals surface area contributed by atoms with Gasteiger partial charge >= 0.3 is 0 Å². The lowest BCUT2D eigenvalue weighted by molar-refractivity contribution is -0.124. The predicted octanol–water partition coefficient (Wildman–Crippen LogP) is 1.83. The molecule has 0 aliphatic carbocycles. The molecule has 0 aromatic heterocycles. The topological polar surface area (TPSA) is 64.4 Å². The third kappa shape index (κ3) is 8.16. The quantitative estimate of drug-likeness (QED) is 0.616. The minimum Gasteiger partial charge on any atom is -0.380 e. The monoisotopic (exact) mass is 244 g/mol. The lowest BCUT2D eigenvalue weighted by Crippen LogP contribution is -2.38. The highest BCUT2D eigenvalue weighted by Crippen LogP contribution is 2.07. The van der Waals surface area contributed by atoms with Crippen LogP contribution in [0.4, 0.5) is 0 Å². The van der Waals surface area contributed by atoms with E-state index in [2.05, 4.69) is 19.2 Å². The Morgan fingerprint density at radius 3 is 2.47 bits per heavy atom. The Labute approximate surface area is 105 Å². The first kappa shape index (κ1) is 16.4. The summed E-state index contributed by atoms with van der Waals surface area (Å²) >= 11 is 0. The van der Waals surface area contributed by atoms with Gasteiger partial charge in [-0.1, -0.05) is 33.1 Å². The minimum atomic E-state index is -0.163. The van der Waals surface area contributed by atoms with E-state index in [1.54, 1.807) is 7.11 Å². The number of ether oxygens (including phenoxy) is 1. The van der Waals surface area contributed by atoms with Gasteiger partial charge in [-0.15, -0.1) is 0 Å². The SMILES string of the molecule is CCCCC(CCC)NC(=O)CC(CN)OC. The van der Waals surface area contributed by atoms with Gasteiger partial charge in [0, 0.05) is 19.7 Å². The predicted molar refractivity (Wildman–Crippen MR) is 70.8 cm³/mol. The van der Waals surface area contributed by atoms with Crippen molar-refractivity contribution in [2.45, 2.75) is 64.5 Å². The Hall–Kier alpha value is -0.610. The smallest absolute Gasteiger partial charge is 0.222 e. The van der Waals surface area contributed by atoms with Crippen LogP contribution in [0.1, 0.15) is 52.4 Å². The van der Waals surface area contributed by atoms with Crippen molar-refractivity contribution in [3.05, 3.63) is 0 Å². The Kier molecular flexibility index (Phi) is 10.2. The number of carbonyl (C=O) groups is 1. The van der Waals surface area contributed by atoms with Crippen LogP contribution in [0.5, 0.6) is 0 Å². The summed E-state index contributed by atoms with van der Waals surface area (Å²) in [6.45, 7) is 4.69. The molecule has 0 fully saturated rings. The molecule has 0 saturated carbocycles. The van der Waals surface area contributed by atoms with Gasteiger partial charge in [-0.05, 0) is 12.8 Å². The molecule has 0 aliphatic rings. The number of nitrogens with two attached hydrogens (primary N) is 1. The van der Waals surface area contributed by atoms with Crippen LogP contribution in [0, 0.1) is 0 Å². The van der Waals surface area contributed by atoms with Crippen LogP contribution in [0.25, 0.3) is 0 Å². The van der Waals surface area contributed by atoms with Crippen LogP contribution in [-0.4, -0.2) is 31.7 Å². The zero-order valence-corrected chi connectivity index (χ0v) is 11.5. The fraction of sp³-hybridized carbons (Fsp3) is 0.923. The van der Waals surface area contributed by atoms with Crippen LogP contribution < -0.4 is 11.1 Å². The van der Waals surface area contributed by atoms with Gasteiger partial charge in [-0.25, -0.2) is 0 Å². The molecular formula is C13H28N2O2. The Morgan fingerprint density at radius 1 is 1.29 bits per heavy atom. The molecular weight excluding hydrogens is 216 g/mol. The number of rotatable bonds is 10. The number of amides is 1. The minimum absolute atomic E-state index is 0.0526. The lowest BCUT2D eigenvalue weighted by atomic mass is 10.0. The van der Waals surface area contributed by atoms with E-state index >= 15 is 0 Å². The van der Waals surface area contributed by atoms with Gasteiger partial charge in [-0.3, -0.25) is 4.79 Å². The maximum atomic E-state index is 11.8. The van der Waals surface area contributed by atoms with Crippen LogP contribution in [0.3, 0.4) is 0 Å². The summed E-state index contributed by atoms with van der Waals surface area (Å²) in [7, 11) is 1.59. The highest BCUT2D eigenvalue weighted by molar-refractivity contribution is 5.76. The molecule has 0 bridgehead atoms. The van der Waals surface area contributed by atoms with E-state index in [4.69, 9.17) is 10.5 Å². The van der Waals surface area contributed by atoms with Crippen LogP contribution >= 0.6 is 0 Å². The van der Waals surface area contributed by atoms with E-state index in [0.29, 0.717) is 19.0 Å². The second-order valence-electron chi connectivity index (χ2n) is 4.49. The molecule has 0 rings (SSSR count). The van der Waals surface area contributed by atoms with E-state index in [0.717, 1.165) is 25.7 Å². The number of methoxy groups -OCH3 is 1. The van der Waals surface area contributed by atoms with Gasteiger partial charge in [0.25, 0.3) is 0 Å². The number of nitrogens with one attached hydrogen (secondary N) is 1. The van der Waals surface area contributed by atoms with E-state index in [1.165, 1.54) is 6.42 Å². The number of unbranched alkanes of at least 4 members (excludes halogenated alkanes) is 1. The summed E-state index contributed by atoms with van der Waals surface area (Å²) < 4.78 is 5.11. The fourth-order valence-corrected chi connectivity index (χ4v) is 1.84. The molecule has 0 heterocycles. The van der Waals surface area contributed by atoms with E-state index < -0.39 is 0 Å². The second-order valence-corrected chi connectivity index (χ2v) is 4.49.